The molecule has 120 valence electrons. The normalized spacial score (nSPS) is 18.6. The first-order chi connectivity index (χ1) is 10.5. The summed E-state index contributed by atoms with van der Waals surface area (Å²) in [6.45, 7) is 2.82. The number of carboxylic acid groups (broad SMARTS) is 1. The molecule has 0 aromatic heterocycles. The number of ether oxygens (including phenoxy) is 2. The number of hydrogen-bond donors (Lipinski definition) is 2. The first-order valence-corrected chi connectivity index (χ1v) is 7.10. The molecule has 1 aromatic carbocycles. The summed E-state index contributed by atoms with van der Waals surface area (Å²) < 4.78 is 10.4. The lowest BCUT2D eigenvalue weighted by Crippen LogP contribution is -2.29. The van der Waals surface area contributed by atoms with Crippen molar-refractivity contribution >= 4 is 11.9 Å². The van der Waals surface area contributed by atoms with E-state index < -0.39 is 12.1 Å². The zero-order valence-corrected chi connectivity index (χ0v) is 12.3. The first-order valence-electron chi connectivity index (χ1n) is 7.10. The maximum Gasteiger partial charge on any atom is 0.303 e. The van der Waals surface area contributed by atoms with Gasteiger partial charge in [0.25, 0.3) is 5.91 Å². The molecule has 2 aliphatic heterocycles. The van der Waals surface area contributed by atoms with Crippen LogP contribution in [0.5, 0.6) is 11.5 Å². The van der Waals surface area contributed by atoms with Crippen molar-refractivity contribution in [1.29, 1.82) is 0 Å². The molecular formula is C15H19NO6. The number of aliphatic carboxylic acids is 1. The molecule has 3 rings (SSSR count). The van der Waals surface area contributed by atoms with E-state index in [1.165, 1.54) is 0 Å². The van der Waals surface area contributed by atoms with E-state index in [-0.39, 0.29) is 19.1 Å². The molecule has 1 amide bonds. The lowest BCUT2D eigenvalue weighted by Gasteiger charge is -2.15. The molecule has 2 heterocycles. The Hall–Kier alpha value is -2.28. The SMILES string of the molecule is CCC(=O)O.O=C(c1ccc2c(c1)OCO2)N1CCC(O)C1. The van der Waals surface area contributed by atoms with Crippen molar-refractivity contribution in [2.75, 3.05) is 19.9 Å². The van der Waals surface area contributed by atoms with Crippen LogP contribution in [0.2, 0.25) is 0 Å². The number of β-amino-alcohol motifs (C(OH)–C–C–N with tert-alkyl or cyclic N) is 1. The topological polar surface area (TPSA) is 96.3 Å². The summed E-state index contributed by atoms with van der Waals surface area (Å²) in [6, 6.07) is 5.15. The van der Waals surface area contributed by atoms with Gasteiger partial charge in [0.15, 0.2) is 11.5 Å². The third kappa shape index (κ3) is 3.88. The van der Waals surface area contributed by atoms with Gasteiger partial charge < -0.3 is 24.6 Å². The number of fused-ring (bicyclic) bond motifs is 1. The Balaban J connectivity index is 0.000000309. The van der Waals surface area contributed by atoms with Crippen LogP contribution in [-0.2, 0) is 4.79 Å². The van der Waals surface area contributed by atoms with Crippen LogP contribution in [0.25, 0.3) is 0 Å². The fourth-order valence-corrected chi connectivity index (χ4v) is 2.14. The summed E-state index contributed by atoms with van der Waals surface area (Å²) in [5.41, 5.74) is 0.573. The molecule has 0 radical (unpaired) electrons. The van der Waals surface area contributed by atoms with Gasteiger partial charge in [0, 0.05) is 25.1 Å². The van der Waals surface area contributed by atoms with E-state index in [1.807, 2.05) is 0 Å². The van der Waals surface area contributed by atoms with Crippen LogP contribution in [-0.4, -0.2) is 53.0 Å². The number of hydrogen-bond acceptors (Lipinski definition) is 5. The van der Waals surface area contributed by atoms with Crippen LogP contribution in [0, 0.1) is 0 Å². The van der Waals surface area contributed by atoms with Crippen molar-refractivity contribution < 1.29 is 29.3 Å². The predicted octanol–water partition coefficient (Wildman–Crippen LogP) is 1.10. The predicted molar refractivity (Wildman–Crippen MR) is 77.0 cm³/mol. The molecule has 1 fully saturated rings. The van der Waals surface area contributed by atoms with Crippen molar-refractivity contribution in [3.05, 3.63) is 23.8 Å². The fourth-order valence-electron chi connectivity index (χ4n) is 2.14. The van der Waals surface area contributed by atoms with Crippen molar-refractivity contribution in [2.45, 2.75) is 25.9 Å². The molecule has 2 N–H and O–H groups in total. The molecule has 22 heavy (non-hydrogen) atoms. The van der Waals surface area contributed by atoms with Crippen LogP contribution < -0.4 is 9.47 Å². The Labute approximate surface area is 128 Å². The molecule has 0 spiro atoms. The van der Waals surface area contributed by atoms with E-state index in [0.717, 1.165) is 0 Å². The van der Waals surface area contributed by atoms with E-state index in [4.69, 9.17) is 14.6 Å². The highest BCUT2D eigenvalue weighted by molar-refractivity contribution is 5.95. The second-order valence-electron chi connectivity index (χ2n) is 5.01. The van der Waals surface area contributed by atoms with Gasteiger partial charge in [-0.25, -0.2) is 0 Å². The standard InChI is InChI=1S/C12H13NO4.C3H6O2/c14-9-3-4-13(6-9)12(15)8-1-2-10-11(5-8)17-7-16-10;1-2-3(4)5/h1-2,5,9,14H,3-4,6-7H2;2H2,1H3,(H,4,5). The molecule has 2 aliphatic rings. The number of benzene rings is 1. The van der Waals surface area contributed by atoms with E-state index in [0.29, 0.717) is 36.6 Å². The molecule has 0 aliphatic carbocycles. The number of likely N-dealkylation sites (tertiary alicyclic amines) is 1. The molecule has 0 bridgehead atoms. The van der Waals surface area contributed by atoms with E-state index in [9.17, 15) is 14.7 Å². The summed E-state index contributed by atoms with van der Waals surface area (Å²) in [5, 5.41) is 17.1. The number of carbonyl (C=O) groups is 2. The van der Waals surface area contributed by atoms with E-state index in [2.05, 4.69) is 0 Å². The lowest BCUT2D eigenvalue weighted by atomic mass is 10.2. The van der Waals surface area contributed by atoms with Gasteiger partial charge in [-0.3, -0.25) is 9.59 Å². The molecule has 1 saturated heterocycles. The zero-order valence-electron chi connectivity index (χ0n) is 12.3. The summed E-state index contributed by atoms with van der Waals surface area (Å²) in [5.74, 6) is 0.462. The van der Waals surface area contributed by atoms with Gasteiger partial charge in [-0.2, -0.15) is 0 Å². The summed E-state index contributed by atoms with van der Waals surface area (Å²) in [4.78, 5) is 23.1. The molecule has 1 unspecified atom stereocenters. The smallest absolute Gasteiger partial charge is 0.303 e. The Bertz CT molecular complexity index is 559. The first kappa shape index (κ1) is 16.1. The van der Waals surface area contributed by atoms with Crippen LogP contribution >= 0.6 is 0 Å². The average molecular weight is 309 g/mol. The molecular weight excluding hydrogens is 290 g/mol. The highest BCUT2D eigenvalue weighted by Crippen LogP contribution is 2.33. The zero-order chi connectivity index (χ0) is 16.1. The molecule has 1 atom stereocenters. The summed E-state index contributed by atoms with van der Waals surface area (Å²) >= 11 is 0. The minimum Gasteiger partial charge on any atom is -0.481 e. The summed E-state index contributed by atoms with van der Waals surface area (Å²) in [6.07, 6.45) is 0.476. The number of carboxylic acids is 1. The monoisotopic (exact) mass is 309 g/mol. The maximum absolute atomic E-state index is 12.1. The van der Waals surface area contributed by atoms with Gasteiger partial charge >= 0.3 is 5.97 Å². The van der Waals surface area contributed by atoms with Crippen LogP contribution in [0.3, 0.4) is 0 Å². The number of aliphatic hydroxyl groups is 1. The quantitative estimate of drug-likeness (QED) is 0.849. The van der Waals surface area contributed by atoms with Crippen molar-refractivity contribution in [3.8, 4) is 11.5 Å². The molecule has 7 nitrogen and oxygen atoms in total. The molecule has 7 heteroatoms. The average Bonchev–Trinajstić information content (AvgIpc) is 3.14. The van der Waals surface area contributed by atoms with Gasteiger partial charge in [-0.15, -0.1) is 0 Å². The minimum absolute atomic E-state index is 0.0696. The number of rotatable bonds is 2. The Morgan fingerprint density at radius 3 is 2.59 bits per heavy atom. The Kier molecular flexibility index (Phi) is 5.21. The highest BCUT2D eigenvalue weighted by Gasteiger charge is 2.26. The lowest BCUT2D eigenvalue weighted by molar-refractivity contribution is -0.136. The highest BCUT2D eigenvalue weighted by atomic mass is 16.7. The molecule has 0 saturated carbocycles. The van der Waals surface area contributed by atoms with Gasteiger partial charge in [0.05, 0.1) is 6.10 Å². The van der Waals surface area contributed by atoms with Gasteiger partial charge in [0.2, 0.25) is 6.79 Å². The number of nitrogens with zero attached hydrogens (tertiary/aromatic N) is 1. The maximum atomic E-state index is 12.1. The summed E-state index contributed by atoms with van der Waals surface area (Å²) in [7, 11) is 0. The van der Waals surface area contributed by atoms with Gasteiger partial charge in [-0.1, -0.05) is 6.92 Å². The van der Waals surface area contributed by atoms with E-state index in [1.54, 1.807) is 30.0 Å². The van der Waals surface area contributed by atoms with Gasteiger partial charge in [0.1, 0.15) is 0 Å². The Morgan fingerprint density at radius 2 is 2.00 bits per heavy atom. The van der Waals surface area contributed by atoms with Crippen molar-refractivity contribution in [2.24, 2.45) is 0 Å². The number of amides is 1. The van der Waals surface area contributed by atoms with Crippen LogP contribution in [0.1, 0.15) is 30.1 Å². The number of aliphatic hydroxyl groups excluding tert-OH is 1. The van der Waals surface area contributed by atoms with E-state index >= 15 is 0 Å². The van der Waals surface area contributed by atoms with Crippen LogP contribution in [0.4, 0.5) is 0 Å². The van der Waals surface area contributed by atoms with Crippen LogP contribution in [0.15, 0.2) is 18.2 Å². The third-order valence-electron chi connectivity index (χ3n) is 3.37. The fraction of sp³-hybridized carbons (Fsp3) is 0.467. The third-order valence-corrected chi connectivity index (χ3v) is 3.37. The minimum atomic E-state index is -0.745. The number of carbonyl (C=O) groups excluding carboxylic acids is 1. The Morgan fingerprint density at radius 1 is 1.32 bits per heavy atom. The second kappa shape index (κ2) is 7.13. The second-order valence-corrected chi connectivity index (χ2v) is 5.01. The van der Waals surface area contributed by atoms with Crippen molar-refractivity contribution in [1.82, 2.24) is 4.90 Å². The largest absolute Gasteiger partial charge is 0.481 e. The van der Waals surface area contributed by atoms with Crippen molar-refractivity contribution in [3.63, 3.8) is 0 Å². The van der Waals surface area contributed by atoms with Gasteiger partial charge in [-0.05, 0) is 24.6 Å². The molecule has 1 aromatic rings.